The van der Waals surface area contributed by atoms with E-state index in [-0.39, 0.29) is 23.5 Å². The molecule has 26 heavy (non-hydrogen) atoms. The van der Waals surface area contributed by atoms with Crippen molar-refractivity contribution in [3.8, 4) is 5.75 Å². The molecule has 132 valence electrons. The van der Waals surface area contributed by atoms with E-state index < -0.39 is 5.97 Å². The lowest BCUT2D eigenvalue weighted by molar-refractivity contribution is -0.137. The van der Waals surface area contributed by atoms with Crippen LogP contribution in [-0.4, -0.2) is 17.8 Å². The highest BCUT2D eigenvalue weighted by atomic mass is 35.5. The second kappa shape index (κ2) is 7.54. The van der Waals surface area contributed by atoms with Gasteiger partial charge in [-0.15, -0.1) is 0 Å². The largest absolute Gasteiger partial charge is 0.426 e. The van der Waals surface area contributed by atoms with Gasteiger partial charge in [0.25, 0.3) is 0 Å². The predicted molar refractivity (Wildman–Crippen MR) is 99.0 cm³/mol. The summed E-state index contributed by atoms with van der Waals surface area (Å²) in [6.07, 6.45) is 1.60. The molecule has 0 unspecified atom stereocenters. The van der Waals surface area contributed by atoms with Gasteiger partial charge in [0.05, 0.1) is 16.5 Å². The van der Waals surface area contributed by atoms with Crippen LogP contribution in [0.3, 0.4) is 0 Å². The maximum absolute atomic E-state index is 12.0. The summed E-state index contributed by atoms with van der Waals surface area (Å²) >= 11 is 6.11. The summed E-state index contributed by atoms with van der Waals surface area (Å²) in [5.41, 5.74) is 1.46. The van der Waals surface area contributed by atoms with Crippen molar-refractivity contribution in [2.45, 2.75) is 13.8 Å². The summed E-state index contributed by atoms with van der Waals surface area (Å²) in [5.74, 6) is -0.434. The van der Waals surface area contributed by atoms with Crippen LogP contribution in [0.5, 0.6) is 5.75 Å². The zero-order valence-electron chi connectivity index (χ0n) is 14.2. The smallest absolute Gasteiger partial charge is 0.363 e. The van der Waals surface area contributed by atoms with Crippen molar-refractivity contribution in [2.24, 2.45) is 10.9 Å². The van der Waals surface area contributed by atoms with Crippen molar-refractivity contribution >= 4 is 35.5 Å². The first-order valence-corrected chi connectivity index (χ1v) is 8.41. The number of nitrogens with zero attached hydrogens (tertiary/aromatic N) is 1. The molecule has 6 heteroatoms. The van der Waals surface area contributed by atoms with Gasteiger partial charge >= 0.3 is 11.9 Å². The van der Waals surface area contributed by atoms with E-state index in [1.165, 1.54) is 0 Å². The Balaban J connectivity index is 1.80. The molecule has 0 fully saturated rings. The molecule has 0 bridgehead atoms. The van der Waals surface area contributed by atoms with Gasteiger partial charge in [0.2, 0.25) is 5.90 Å². The van der Waals surface area contributed by atoms with Crippen LogP contribution in [0.15, 0.2) is 59.2 Å². The Hall–Kier alpha value is -2.92. The summed E-state index contributed by atoms with van der Waals surface area (Å²) < 4.78 is 10.4. The van der Waals surface area contributed by atoms with E-state index in [1.54, 1.807) is 68.5 Å². The lowest BCUT2D eigenvalue weighted by atomic mass is 10.2. The molecule has 2 aromatic rings. The molecular formula is C20H16ClNO4. The molecule has 3 rings (SSSR count). The van der Waals surface area contributed by atoms with Gasteiger partial charge in [-0.1, -0.05) is 49.7 Å². The van der Waals surface area contributed by atoms with E-state index >= 15 is 0 Å². The average Bonchev–Trinajstić information content (AvgIpc) is 2.97. The number of hydrogen-bond acceptors (Lipinski definition) is 5. The van der Waals surface area contributed by atoms with Crippen LogP contribution in [0.4, 0.5) is 0 Å². The molecule has 0 aromatic heterocycles. The van der Waals surface area contributed by atoms with Crippen molar-refractivity contribution < 1.29 is 19.1 Å². The minimum atomic E-state index is -0.546. The van der Waals surface area contributed by atoms with Crippen LogP contribution >= 0.6 is 11.6 Å². The highest BCUT2D eigenvalue weighted by molar-refractivity contribution is 6.34. The van der Waals surface area contributed by atoms with Crippen molar-refractivity contribution in [1.82, 2.24) is 0 Å². The van der Waals surface area contributed by atoms with Crippen molar-refractivity contribution in [3.05, 3.63) is 70.4 Å². The molecule has 1 aliphatic heterocycles. The van der Waals surface area contributed by atoms with Crippen LogP contribution in [-0.2, 0) is 14.3 Å². The summed E-state index contributed by atoms with van der Waals surface area (Å²) in [6.45, 7) is 3.53. The molecule has 1 aliphatic rings. The van der Waals surface area contributed by atoms with Gasteiger partial charge in [-0.2, -0.15) is 0 Å². The lowest BCUT2D eigenvalue weighted by Crippen LogP contribution is -2.14. The van der Waals surface area contributed by atoms with E-state index in [4.69, 9.17) is 21.1 Å². The highest BCUT2D eigenvalue weighted by Crippen LogP contribution is 2.24. The number of carbonyl (C=O) groups excluding carboxylic acids is 2. The van der Waals surface area contributed by atoms with Gasteiger partial charge in [-0.3, -0.25) is 4.79 Å². The molecule has 0 atom stereocenters. The van der Waals surface area contributed by atoms with Crippen LogP contribution < -0.4 is 4.74 Å². The fourth-order valence-corrected chi connectivity index (χ4v) is 2.40. The zero-order chi connectivity index (χ0) is 18.7. The van der Waals surface area contributed by atoms with Gasteiger partial charge in [-0.05, 0) is 35.9 Å². The van der Waals surface area contributed by atoms with Crippen LogP contribution in [0.2, 0.25) is 5.02 Å². The number of rotatable bonds is 4. The zero-order valence-corrected chi connectivity index (χ0v) is 15.0. The van der Waals surface area contributed by atoms with Gasteiger partial charge < -0.3 is 9.47 Å². The number of esters is 2. The Bertz CT molecular complexity index is 914. The molecule has 0 spiro atoms. The van der Waals surface area contributed by atoms with Crippen molar-refractivity contribution in [1.29, 1.82) is 0 Å². The summed E-state index contributed by atoms with van der Waals surface area (Å²) in [6, 6.07) is 13.8. The van der Waals surface area contributed by atoms with E-state index in [1.807, 2.05) is 0 Å². The number of cyclic esters (lactones) is 1. The molecule has 0 aliphatic carbocycles. The van der Waals surface area contributed by atoms with E-state index in [2.05, 4.69) is 4.99 Å². The van der Waals surface area contributed by atoms with Crippen LogP contribution in [0.25, 0.3) is 6.08 Å². The first-order valence-electron chi connectivity index (χ1n) is 8.03. The number of halogens is 1. The second-order valence-corrected chi connectivity index (χ2v) is 6.37. The molecule has 0 N–H and O–H groups in total. The van der Waals surface area contributed by atoms with Gasteiger partial charge in [-0.25, -0.2) is 9.79 Å². The normalized spacial score (nSPS) is 15.2. The van der Waals surface area contributed by atoms with Crippen molar-refractivity contribution in [3.63, 3.8) is 0 Å². The second-order valence-electron chi connectivity index (χ2n) is 5.96. The van der Waals surface area contributed by atoms with E-state index in [9.17, 15) is 9.59 Å². The lowest BCUT2D eigenvalue weighted by Gasteiger charge is -2.06. The topological polar surface area (TPSA) is 65.0 Å². The number of ether oxygens (including phenoxy) is 2. The number of hydrogen-bond donors (Lipinski definition) is 0. The minimum absolute atomic E-state index is 0.173. The number of benzene rings is 2. The third-order valence-corrected chi connectivity index (χ3v) is 3.93. The van der Waals surface area contributed by atoms with E-state index in [0.717, 1.165) is 5.56 Å². The SMILES string of the molecule is CC(C)C(=O)Oc1ccc(/C=C2\N=C(c3ccccc3Cl)OC2=O)cc1. The Morgan fingerprint density at radius 2 is 1.85 bits per heavy atom. The van der Waals surface area contributed by atoms with Crippen molar-refractivity contribution in [2.75, 3.05) is 0 Å². The maximum Gasteiger partial charge on any atom is 0.363 e. The quantitative estimate of drug-likeness (QED) is 0.459. The van der Waals surface area contributed by atoms with Crippen LogP contribution in [0.1, 0.15) is 25.0 Å². The maximum atomic E-state index is 12.0. The Labute approximate surface area is 155 Å². The third-order valence-electron chi connectivity index (χ3n) is 3.60. The monoisotopic (exact) mass is 369 g/mol. The summed E-state index contributed by atoms with van der Waals surface area (Å²) in [5, 5.41) is 0.455. The average molecular weight is 370 g/mol. The first kappa shape index (κ1) is 17.9. The molecule has 5 nitrogen and oxygen atoms in total. The van der Waals surface area contributed by atoms with E-state index in [0.29, 0.717) is 16.3 Å². The first-order chi connectivity index (χ1) is 12.4. The summed E-state index contributed by atoms with van der Waals surface area (Å²) in [4.78, 5) is 27.9. The Morgan fingerprint density at radius 3 is 2.50 bits per heavy atom. The molecule has 0 radical (unpaired) electrons. The molecule has 0 saturated heterocycles. The predicted octanol–water partition coefficient (Wildman–Crippen LogP) is 4.25. The molecule has 1 heterocycles. The fraction of sp³-hybridized carbons (Fsp3) is 0.150. The Morgan fingerprint density at radius 1 is 1.15 bits per heavy atom. The standard InChI is InChI=1S/C20H16ClNO4/c1-12(2)19(23)25-14-9-7-13(8-10-14)11-17-20(24)26-18(22-17)15-5-3-4-6-16(15)21/h3-12H,1-2H3/b17-11-. The van der Waals surface area contributed by atoms with Gasteiger partial charge in [0.1, 0.15) is 5.75 Å². The molecule has 0 amide bonds. The fourth-order valence-electron chi connectivity index (χ4n) is 2.18. The molecule has 2 aromatic carbocycles. The third kappa shape index (κ3) is 4.00. The number of carbonyl (C=O) groups is 2. The van der Waals surface area contributed by atoms with Crippen LogP contribution in [0, 0.1) is 5.92 Å². The molecular weight excluding hydrogens is 354 g/mol. The summed E-state index contributed by atoms with van der Waals surface area (Å²) in [7, 11) is 0. The minimum Gasteiger partial charge on any atom is -0.426 e. The Kier molecular flexibility index (Phi) is 5.19. The number of aliphatic imine (C=N–C) groups is 1. The van der Waals surface area contributed by atoms with Gasteiger partial charge in [0, 0.05) is 0 Å². The highest BCUT2D eigenvalue weighted by Gasteiger charge is 2.25. The molecule has 0 saturated carbocycles. The van der Waals surface area contributed by atoms with Gasteiger partial charge in [0.15, 0.2) is 5.70 Å².